The van der Waals surface area contributed by atoms with Crippen LogP contribution in [0.4, 0.5) is 0 Å². The normalized spacial score (nSPS) is 25.2. The standard InChI is InChI=1S/C12H24OSi/c1-12(2,3)14(4,5)11-9-7-6-8-10(11)13/h11H,6-9H2,1-5H3/t11-/m1/s1. The predicted molar refractivity (Wildman–Crippen MR) is 64.4 cm³/mol. The van der Waals surface area contributed by atoms with E-state index in [4.69, 9.17) is 0 Å². The summed E-state index contributed by atoms with van der Waals surface area (Å²) in [6.07, 6.45) is 4.40. The van der Waals surface area contributed by atoms with Gasteiger partial charge in [0.05, 0.1) is 8.07 Å². The van der Waals surface area contributed by atoms with Gasteiger partial charge in [-0.25, -0.2) is 0 Å². The maximum absolute atomic E-state index is 11.9. The molecule has 1 aliphatic rings. The zero-order chi connectivity index (χ0) is 11.0. The molecule has 0 aliphatic heterocycles. The van der Waals surface area contributed by atoms with Gasteiger partial charge in [0.2, 0.25) is 0 Å². The number of rotatable bonds is 1. The Morgan fingerprint density at radius 1 is 1.21 bits per heavy atom. The Morgan fingerprint density at radius 2 is 1.79 bits per heavy atom. The van der Waals surface area contributed by atoms with Crippen LogP contribution in [0.15, 0.2) is 0 Å². The van der Waals surface area contributed by atoms with Crippen LogP contribution in [-0.2, 0) is 4.79 Å². The lowest BCUT2D eigenvalue weighted by Gasteiger charge is -2.44. The van der Waals surface area contributed by atoms with Gasteiger partial charge in [0.1, 0.15) is 5.78 Å². The molecule has 0 N–H and O–H groups in total. The van der Waals surface area contributed by atoms with Gasteiger partial charge in [-0.2, -0.15) is 0 Å². The second-order valence-electron chi connectivity index (χ2n) is 6.24. The minimum absolute atomic E-state index is 0.352. The van der Waals surface area contributed by atoms with Gasteiger partial charge in [0.25, 0.3) is 0 Å². The van der Waals surface area contributed by atoms with Crippen molar-refractivity contribution in [3.63, 3.8) is 0 Å². The summed E-state index contributed by atoms with van der Waals surface area (Å²) in [6, 6.07) is 0. The van der Waals surface area contributed by atoms with Gasteiger partial charge in [-0.1, -0.05) is 40.3 Å². The van der Waals surface area contributed by atoms with Crippen molar-refractivity contribution in [2.24, 2.45) is 0 Å². The van der Waals surface area contributed by atoms with Gasteiger partial charge in [0.15, 0.2) is 0 Å². The molecule has 0 unspecified atom stereocenters. The van der Waals surface area contributed by atoms with Crippen LogP contribution in [0.1, 0.15) is 46.5 Å². The van der Waals surface area contributed by atoms with E-state index in [-0.39, 0.29) is 0 Å². The largest absolute Gasteiger partial charge is 0.300 e. The van der Waals surface area contributed by atoms with E-state index in [1.807, 2.05) is 0 Å². The van der Waals surface area contributed by atoms with Crippen LogP contribution in [0.25, 0.3) is 0 Å². The van der Waals surface area contributed by atoms with Gasteiger partial charge in [-0.05, 0) is 17.9 Å². The summed E-state index contributed by atoms with van der Waals surface area (Å²) in [5.74, 6) is 0.558. The Kier molecular flexibility index (Phi) is 3.25. The molecular weight excluding hydrogens is 188 g/mol. The molecule has 1 atom stereocenters. The lowest BCUT2D eigenvalue weighted by atomic mass is 9.99. The molecule has 0 amide bonds. The van der Waals surface area contributed by atoms with E-state index >= 15 is 0 Å². The Bertz CT molecular complexity index is 225. The third-order valence-electron chi connectivity index (χ3n) is 4.36. The lowest BCUT2D eigenvalue weighted by molar-refractivity contribution is -0.120. The van der Waals surface area contributed by atoms with Crippen molar-refractivity contribution in [1.82, 2.24) is 0 Å². The Labute approximate surface area is 89.3 Å². The summed E-state index contributed by atoms with van der Waals surface area (Å²) in [6.45, 7) is 11.7. The molecule has 0 bridgehead atoms. The Hall–Kier alpha value is -0.113. The summed E-state index contributed by atoms with van der Waals surface area (Å²) in [7, 11) is -1.42. The van der Waals surface area contributed by atoms with E-state index in [0.717, 1.165) is 19.3 Å². The highest BCUT2D eigenvalue weighted by Gasteiger charge is 2.45. The quantitative estimate of drug-likeness (QED) is 0.600. The monoisotopic (exact) mass is 212 g/mol. The fourth-order valence-electron chi connectivity index (χ4n) is 2.27. The highest BCUT2D eigenvalue weighted by Crippen LogP contribution is 2.47. The summed E-state index contributed by atoms with van der Waals surface area (Å²) in [5, 5.41) is 0.352. The zero-order valence-corrected chi connectivity index (χ0v) is 11.3. The van der Waals surface area contributed by atoms with Crippen LogP contribution in [0.2, 0.25) is 23.7 Å². The van der Waals surface area contributed by atoms with Crippen molar-refractivity contribution in [2.75, 3.05) is 0 Å². The maximum atomic E-state index is 11.9. The van der Waals surface area contributed by atoms with Gasteiger partial charge in [-0.15, -0.1) is 0 Å². The molecule has 1 nitrogen and oxygen atoms in total. The second-order valence-corrected chi connectivity index (χ2v) is 11.9. The Morgan fingerprint density at radius 3 is 2.21 bits per heavy atom. The van der Waals surface area contributed by atoms with E-state index in [0.29, 0.717) is 16.4 Å². The third-order valence-corrected chi connectivity index (χ3v) is 10.6. The SMILES string of the molecule is CC(C)(C)[Si](C)(C)[C@@H]1CCCCC1=O. The van der Waals surface area contributed by atoms with Gasteiger partial charge >= 0.3 is 0 Å². The second kappa shape index (κ2) is 3.80. The first-order valence-corrected chi connectivity index (χ1v) is 8.87. The first-order valence-electron chi connectivity index (χ1n) is 5.79. The number of Topliss-reactive ketones (excluding diaryl/α,β-unsaturated/α-hetero) is 1. The Balaban J connectivity index is 2.85. The molecule has 1 aliphatic carbocycles. The molecule has 0 aromatic heterocycles. The molecule has 0 saturated heterocycles. The zero-order valence-electron chi connectivity index (χ0n) is 10.3. The van der Waals surface area contributed by atoms with E-state index < -0.39 is 8.07 Å². The molecule has 1 rings (SSSR count). The van der Waals surface area contributed by atoms with Crippen LogP contribution in [-0.4, -0.2) is 13.9 Å². The van der Waals surface area contributed by atoms with Crippen molar-refractivity contribution in [3.8, 4) is 0 Å². The molecule has 0 spiro atoms. The lowest BCUT2D eigenvalue weighted by Crippen LogP contribution is -2.46. The summed E-state index contributed by atoms with van der Waals surface area (Å²) in [4.78, 5) is 11.9. The van der Waals surface area contributed by atoms with Gasteiger partial charge < -0.3 is 0 Å². The molecule has 0 radical (unpaired) electrons. The topological polar surface area (TPSA) is 17.1 Å². The molecule has 0 aromatic carbocycles. The third kappa shape index (κ3) is 2.10. The molecule has 2 heteroatoms. The molecule has 0 aromatic rings. The number of hydrogen-bond donors (Lipinski definition) is 0. The summed E-state index contributed by atoms with van der Waals surface area (Å²) >= 11 is 0. The van der Waals surface area contributed by atoms with Crippen molar-refractivity contribution >= 4 is 13.9 Å². The molecule has 0 heterocycles. The van der Waals surface area contributed by atoms with E-state index in [2.05, 4.69) is 33.9 Å². The van der Waals surface area contributed by atoms with Crippen LogP contribution in [0.5, 0.6) is 0 Å². The predicted octanol–water partition coefficient (Wildman–Crippen LogP) is 4.01. The van der Waals surface area contributed by atoms with E-state index in [1.54, 1.807) is 0 Å². The van der Waals surface area contributed by atoms with Crippen molar-refractivity contribution in [1.29, 1.82) is 0 Å². The fourth-order valence-corrected chi connectivity index (χ4v) is 5.19. The number of carbonyl (C=O) groups excluding carboxylic acids is 1. The minimum atomic E-state index is -1.42. The van der Waals surface area contributed by atoms with Crippen molar-refractivity contribution < 1.29 is 4.79 Å². The smallest absolute Gasteiger partial charge is 0.133 e. The highest BCUT2D eigenvalue weighted by molar-refractivity contribution is 6.84. The molecule has 1 saturated carbocycles. The average molecular weight is 212 g/mol. The van der Waals surface area contributed by atoms with Crippen LogP contribution in [0.3, 0.4) is 0 Å². The fraction of sp³-hybridized carbons (Fsp3) is 0.917. The van der Waals surface area contributed by atoms with E-state index in [9.17, 15) is 4.79 Å². The summed E-state index contributed by atoms with van der Waals surface area (Å²) in [5.41, 5.74) is 0.427. The molecule has 82 valence electrons. The number of hydrogen-bond acceptors (Lipinski definition) is 1. The maximum Gasteiger partial charge on any atom is 0.133 e. The van der Waals surface area contributed by atoms with Gasteiger partial charge in [0, 0.05) is 12.0 Å². The number of ketones is 1. The van der Waals surface area contributed by atoms with Crippen molar-refractivity contribution in [3.05, 3.63) is 0 Å². The first-order chi connectivity index (χ1) is 6.27. The first kappa shape index (κ1) is 12.0. The van der Waals surface area contributed by atoms with Crippen LogP contribution in [0, 0.1) is 0 Å². The molecule has 1 fully saturated rings. The van der Waals surface area contributed by atoms with Gasteiger partial charge in [-0.3, -0.25) is 4.79 Å². The molecular formula is C12H24OSi. The van der Waals surface area contributed by atoms with E-state index in [1.165, 1.54) is 6.42 Å². The highest BCUT2D eigenvalue weighted by atomic mass is 28.3. The molecule has 14 heavy (non-hydrogen) atoms. The van der Waals surface area contributed by atoms with Crippen LogP contribution < -0.4 is 0 Å². The minimum Gasteiger partial charge on any atom is -0.300 e. The summed E-state index contributed by atoms with van der Waals surface area (Å²) < 4.78 is 0. The number of carbonyl (C=O) groups is 1. The van der Waals surface area contributed by atoms with Crippen LogP contribution >= 0.6 is 0 Å². The average Bonchev–Trinajstić information content (AvgIpc) is 2.02. The van der Waals surface area contributed by atoms with Crippen molar-refractivity contribution in [2.45, 2.75) is 70.1 Å².